The standard InChI is InChI=1S/C21H29Cl2N3O3/c22-17-5-6-19(18(23)15-17)29-14-7-20(27)24-8-9-25-10-12-26(13-11-25)21(28)16-3-1-2-4-16/h5-6,15-16H,1-4,7-14H2,(H,24,27). The van der Waals surface area contributed by atoms with Gasteiger partial charge in [-0.3, -0.25) is 14.5 Å². The van der Waals surface area contributed by atoms with Crippen molar-refractivity contribution in [1.29, 1.82) is 0 Å². The van der Waals surface area contributed by atoms with Crippen LogP contribution in [0.4, 0.5) is 0 Å². The number of rotatable bonds is 8. The predicted octanol–water partition coefficient (Wildman–Crippen LogP) is 3.21. The van der Waals surface area contributed by atoms with Gasteiger partial charge in [0.15, 0.2) is 0 Å². The summed E-state index contributed by atoms with van der Waals surface area (Å²) in [6, 6.07) is 5.00. The third-order valence-corrected chi connectivity index (χ3v) is 6.15. The number of hydrogen-bond donors (Lipinski definition) is 1. The minimum absolute atomic E-state index is 0.0508. The Bertz CT molecular complexity index is 702. The van der Waals surface area contributed by atoms with Crippen molar-refractivity contribution >= 4 is 35.0 Å². The van der Waals surface area contributed by atoms with Gasteiger partial charge in [0.05, 0.1) is 18.1 Å². The van der Waals surface area contributed by atoms with Crippen LogP contribution in [0, 0.1) is 5.92 Å². The molecule has 1 heterocycles. The fourth-order valence-corrected chi connectivity index (χ4v) is 4.37. The summed E-state index contributed by atoms with van der Waals surface area (Å²) in [5.74, 6) is 1.07. The van der Waals surface area contributed by atoms with Crippen molar-refractivity contribution in [3.8, 4) is 5.75 Å². The van der Waals surface area contributed by atoms with Gasteiger partial charge in [0.25, 0.3) is 0 Å². The Labute approximate surface area is 182 Å². The topological polar surface area (TPSA) is 61.9 Å². The first-order chi connectivity index (χ1) is 14.0. The van der Waals surface area contributed by atoms with Gasteiger partial charge in [-0.15, -0.1) is 0 Å². The molecule has 8 heteroatoms. The summed E-state index contributed by atoms with van der Waals surface area (Å²) in [7, 11) is 0. The molecule has 6 nitrogen and oxygen atoms in total. The molecular formula is C21H29Cl2N3O3. The van der Waals surface area contributed by atoms with Gasteiger partial charge in [-0.2, -0.15) is 0 Å². The molecule has 0 atom stereocenters. The van der Waals surface area contributed by atoms with E-state index in [0.717, 1.165) is 45.6 Å². The molecule has 0 radical (unpaired) electrons. The zero-order chi connectivity index (χ0) is 20.6. The third-order valence-electron chi connectivity index (χ3n) is 5.62. The summed E-state index contributed by atoms with van der Waals surface area (Å²) in [6.07, 6.45) is 4.75. The number of halogens is 2. The number of hydrogen-bond acceptors (Lipinski definition) is 4. The van der Waals surface area contributed by atoms with Crippen LogP contribution in [0.15, 0.2) is 18.2 Å². The van der Waals surface area contributed by atoms with Crippen molar-refractivity contribution in [2.45, 2.75) is 32.1 Å². The van der Waals surface area contributed by atoms with Crippen molar-refractivity contribution in [3.05, 3.63) is 28.2 Å². The first-order valence-corrected chi connectivity index (χ1v) is 11.1. The van der Waals surface area contributed by atoms with Gasteiger partial charge in [0, 0.05) is 50.2 Å². The summed E-state index contributed by atoms with van der Waals surface area (Å²) < 4.78 is 5.54. The van der Waals surface area contributed by atoms with E-state index in [-0.39, 0.29) is 24.9 Å². The van der Waals surface area contributed by atoms with Gasteiger partial charge >= 0.3 is 0 Å². The molecule has 0 unspecified atom stereocenters. The number of carbonyl (C=O) groups excluding carboxylic acids is 2. The zero-order valence-corrected chi connectivity index (χ0v) is 18.2. The van der Waals surface area contributed by atoms with Gasteiger partial charge in [0.1, 0.15) is 5.75 Å². The molecule has 29 heavy (non-hydrogen) atoms. The van der Waals surface area contributed by atoms with E-state index in [1.54, 1.807) is 18.2 Å². The van der Waals surface area contributed by atoms with Gasteiger partial charge in [0.2, 0.25) is 11.8 Å². The lowest BCUT2D eigenvalue weighted by molar-refractivity contribution is -0.137. The van der Waals surface area contributed by atoms with Crippen LogP contribution >= 0.6 is 23.2 Å². The Morgan fingerprint density at radius 2 is 1.83 bits per heavy atom. The summed E-state index contributed by atoms with van der Waals surface area (Å²) >= 11 is 11.9. The highest BCUT2D eigenvalue weighted by Gasteiger charge is 2.29. The normalized spacial score (nSPS) is 18.1. The maximum Gasteiger partial charge on any atom is 0.225 e. The van der Waals surface area contributed by atoms with Crippen LogP contribution in [0.2, 0.25) is 10.0 Å². The second-order valence-corrected chi connectivity index (χ2v) is 8.52. The van der Waals surface area contributed by atoms with E-state index in [2.05, 4.69) is 10.2 Å². The Hall–Kier alpha value is -1.50. The Kier molecular flexibility index (Phi) is 8.45. The fraction of sp³-hybridized carbons (Fsp3) is 0.619. The van der Waals surface area contributed by atoms with E-state index in [1.165, 1.54) is 12.8 Å². The van der Waals surface area contributed by atoms with Gasteiger partial charge < -0.3 is 15.0 Å². The molecule has 2 amide bonds. The van der Waals surface area contributed by atoms with Crippen LogP contribution in [0.25, 0.3) is 0 Å². The summed E-state index contributed by atoms with van der Waals surface area (Å²) in [5.41, 5.74) is 0. The molecule has 1 N–H and O–H groups in total. The highest BCUT2D eigenvalue weighted by molar-refractivity contribution is 6.35. The molecule has 160 valence electrons. The minimum atomic E-state index is -0.0508. The number of ether oxygens (including phenoxy) is 1. The van der Waals surface area contributed by atoms with Crippen LogP contribution in [0.1, 0.15) is 32.1 Å². The molecular weight excluding hydrogens is 413 g/mol. The molecule has 2 aliphatic rings. The molecule has 1 saturated carbocycles. The molecule has 1 aliphatic heterocycles. The van der Waals surface area contributed by atoms with Gasteiger partial charge in [-0.1, -0.05) is 36.0 Å². The van der Waals surface area contributed by atoms with Crippen molar-refractivity contribution in [2.75, 3.05) is 45.9 Å². The lowest BCUT2D eigenvalue weighted by atomic mass is 10.1. The second-order valence-electron chi connectivity index (χ2n) is 7.67. The summed E-state index contributed by atoms with van der Waals surface area (Å²) in [4.78, 5) is 28.8. The number of carbonyl (C=O) groups is 2. The first kappa shape index (κ1) is 22.2. The monoisotopic (exact) mass is 441 g/mol. The molecule has 0 aromatic heterocycles. The molecule has 3 rings (SSSR count). The van der Waals surface area contributed by atoms with Crippen molar-refractivity contribution < 1.29 is 14.3 Å². The highest BCUT2D eigenvalue weighted by atomic mass is 35.5. The quantitative estimate of drug-likeness (QED) is 0.672. The maximum absolute atomic E-state index is 12.5. The van der Waals surface area contributed by atoms with Crippen molar-refractivity contribution in [3.63, 3.8) is 0 Å². The lowest BCUT2D eigenvalue weighted by Crippen LogP contribution is -2.51. The SMILES string of the molecule is O=C(CCOc1ccc(Cl)cc1Cl)NCCN1CCN(C(=O)C2CCCC2)CC1. The minimum Gasteiger partial charge on any atom is -0.491 e. The van der Waals surface area contributed by atoms with Crippen LogP contribution in [-0.2, 0) is 9.59 Å². The maximum atomic E-state index is 12.5. The molecule has 0 spiro atoms. The molecule has 1 aromatic carbocycles. The van der Waals surface area contributed by atoms with E-state index in [1.807, 2.05) is 4.90 Å². The van der Waals surface area contributed by atoms with E-state index in [4.69, 9.17) is 27.9 Å². The zero-order valence-electron chi connectivity index (χ0n) is 16.7. The predicted molar refractivity (Wildman–Crippen MR) is 115 cm³/mol. The Morgan fingerprint density at radius 3 is 2.52 bits per heavy atom. The Morgan fingerprint density at radius 1 is 1.10 bits per heavy atom. The molecule has 0 bridgehead atoms. The summed E-state index contributed by atoms with van der Waals surface area (Å²) in [5, 5.41) is 3.90. The average molecular weight is 442 g/mol. The highest BCUT2D eigenvalue weighted by Crippen LogP contribution is 2.28. The third kappa shape index (κ3) is 6.76. The van der Waals surface area contributed by atoms with E-state index < -0.39 is 0 Å². The lowest BCUT2D eigenvalue weighted by Gasteiger charge is -2.36. The number of nitrogens with one attached hydrogen (secondary N) is 1. The van der Waals surface area contributed by atoms with Gasteiger partial charge in [-0.25, -0.2) is 0 Å². The van der Waals surface area contributed by atoms with Crippen LogP contribution < -0.4 is 10.1 Å². The van der Waals surface area contributed by atoms with Crippen LogP contribution in [0.3, 0.4) is 0 Å². The number of piperazine rings is 1. The van der Waals surface area contributed by atoms with E-state index >= 15 is 0 Å². The molecule has 1 saturated heterocycles. The van der Waals surface area contributed by atoms with Crippen molar-refractivity contribution in [1.82, 2.24) is 15.1 Å². The van der Waals surface area contributed by atoms with Crippen molar-refractivity contribution in [2.24, 2.45) is 5.92 Å². The Balaban J connectivity index is 1.26. The summed E-state index contributed by atoms with van der Waals surface area (Å²) in [6.45, 7) is 4.96. The molecule has 1 aliphatic carbocycles. The second kappa shape index (κ2) is 11.0. The smallest absolute Gasteiger partial charge is 0.225 e. The van der Waals surface area contributed by atoms with Crippen LogP contribution in [-0.4, -0.2) is 67.5 Å². The van der Waals surface area contributed by atoms with Crippen LogP contribution in [0.5, 0.6) is 5.75 Å². The fourth-order valence-electron chi connectivity index (χ4n) is 3.91. The first-order valence-electron chi connectivity index (χ1n) is 10.4. The van der Waals surface area contributed by atoms with E-state index in [9.17, 15) is 9.59 Å². The van der Waals surface area contributed by atoms with E-state index in [0.29, 0.717) is 28.2 Å². The number of nitrogens with zero attached hydrogens (tertiary/aromatic N) is 2. The van der Waals surface area contributed by atoms with Gasteiger partial charge in [-0.05, 0) is 31.0 Å². The molecule has 1 aromatic rings. The number of amides is 2. The molecule has 2 fully saturated rings. The number of benzene rings is 1. The average Bonchev–Trinajstić information content (AvgIpc) is 3.24. The largest absolute Gasteiger partial charge is 0.491 e.